The van der Waals surface area contributed by atoms with Crippen molar-refractivity contribution in [2.24, 2.45) is 0 Å². The molecule has 0 amide bonds. The van der Waals surface area contributed by atoms with Crippen molar-refractivity contribution < 1.29 is 4.42 Å². The highest BCUT2D eigenvalue weighted by molar-refractivity contribution is 6.24. The van der Waals surface area contributed by atoms with Gasteiger partial charge in [-0.1, -0.05) is 133 Å². The van der Waals surface area contributed by atoms with E-state index in [-0.39, 0.29) is 0 Å². The van der Waals surface area contributed by atoms with Crippen molar-refractivity contribution in [3.8, 4) is 33.4 Å². The van der Waals surface area contributed by atoms with Gasteiger partial charge in [0, 0.05) is 22.6 Å². The van der Waals surface area contributed by atoms with E-state index in [2.05, 4.69) is 158 Å². The normalized spacial score (nSPS) is 16.6. The maximum absolute atomic E-state index is 6.49. The molecule has 0 N–H and O–H groups in total. The average molecular weight is 611 g/mol. The molecular formula is C47H30O. The van der Waals surface area contributed by atoms with Gasteiger partial charge in [0.25, 0.3) is 0 Å². The zero-order valence-corrected chi connectivity index (χ0v) is 26.3. The second-order valence-corrected chi connectivity index (χ2v) is 13.5. The molecule has 0 saturated heterocycles. The monoisotopic (exact) mass is 610 g/mol. The van der Waals surface area contributed by atoms with Crippen LogP contribution in [0.4, 0.5) is 0 Å². The summed E-state index contributed by atoms with van der Waals surface area (Å²) in [5.74, 6) is 1.09. The Morgan fingerprint density at radius 2 is 0.917 bits per heavy atom. The fourth-order valence-corrected chi connectivity index (χ4v) is 8.93. The lowest BCUT2D eigenvalue weighted by Gasteiger charge is -2.19. The molecule has 9 aromatic rings. The van der Waals surface area contributed by atoms with Gasteiger partial charge in [-0.3, -0.25) is 0 Å². The minimum atomic E-state index is 0.542. The van der Waals surface area contributed by atoms with Crippen molar-refractivity contribution in [3.05, 3.63) is 169 Å². The van der Waals surface area contributed by atoms with Gasteiger partial charge in [0.15, 0.2) is 0 Å². The van der Waals surface area contributed by atoms with Gasteiger partial charge in [-0.15, -0.1) is 0 Å². The highest BCUT2D eigenvalue weighted by Crippen LogP contribution is 2.51. The Morgan fingerprint density at radius 1 is 0.375 bits per heavy atom. The maximum Gasteiger partial charge on any atom is 0.135 e. The summed E-state index contributed by atoms with van der Waals surface area (Å²) >= 11 is 0. The molecule has 0 aliphatic heterocycles. The van der Waals surface area contributed by atoms with Gasteiger partial charge < -0.3 is 4.42 Å². The Hall–Kier alpha value is -5.92. The van der Waals surface area contributed by atoms with Crippen LogP contribution in [0.3, 0.4) is 0 Å². The van der Waals surface area contributed by atoms with Crippen molar-refractivity contribution in [2.75, 3.05) is 0 Å². The topological polar surface area (TPSA) is 13.1 Å². The van der Waals surface area contributed by atoms with Crippen molar-refractivity contribution >= 4 is 54.3 Å². The molecule has 1 nitrogen and oxygen atoms in total. The van der Waals surface area contributed by atoms with Crippen LogP contribution in [0, 0.1) is 0 Å². The fourth-order valence-electron chi connectivity index (χ4n) is 8.93. The number of allylic oxidation sites excluding steroid dienone is 2. The summed E-state index contributed by atoms with van der Waals surface area (Å²) in [5, 5.41) is 10.0. The zero-order chi connectivity index (χ0) is 31.3. The van der Waals surface area contributed by atoms with Crippen LogP contribution in [-0.2, 0) is 0 Å². The number of hydrogen-bond acceptors (Lipinski definition) is 1. The van der Waals surface area contributed by atoms with Crippen LogP contribution < -0.4 is 0 Å². The van der Waals surface area contributed by atoms with E-state index in [1.807, 2.05) is 0 Å². The first-order chi connectivity index (χ1) is 23.8. The molecule has 11 rings (SSSR count). The summed E-state index contributed by atoms with van der Waals surface area (Å²) in [6.45, 7) is 0. The van der Waals surface area contributed by atoms with Crippen molar-refractivity contribution in [1.29, 1.82) is 0 Å². The summed E-state index contributed by atoms with van der Waals surface area (Å²) in [4.78, 5) is 0. The molecule has 224 valence electrons. The number of furan rings is 1. The standard InChI is InChI=1S/C47H30O/c1-2-10-28(11-3-1)32-21-22-39(34-13-5-4-12-33(32)34)47-37-16-8-6-14-35(37)46(36-15-7-9-17-38(36)47)31-20-23-44-42(25-31)43-26-40-29-18-19-30(24-29)41(40)27-45(43)48-44/h1-23,25-27,29-30H,24H2. The first kappa shape index (κ1) is 26.2. The molecule has 1 heteroatoms. The summed E-state index contributed by atoms with van der Waals surface area (Å²) in [6.07, 6.45) is 5.98. The molecular weight excluding hydrogens is 581 g/mol. The molecule has 2 unspecified atom stereocenters. The molecule has 2 atom stereocenters. The second kappa shape index (κ2) is 9.80. The van der Waals surface area contributed by atoms with E-state index in [1.165, 1.54) is 94.0 Å². The zero-order valence-electron chi connectivity index (χ0n) is 26.3. The Kier molecular flexibility index (Phi) is 5.34. The van der Waals surface area contributed by atoms with Gasteiger partial charge in [-0.25, -0.2) is 0 Å². The van der Waals surface area contributed by atoms with E-state index < -0.39 is 0 Å². The van der Waals surface area contributed by atoms with E-state index >= 15 is 0 Å². The third kappa shape index (κ3) is 3.62. The van der Waals surface area contributed by atoms with Crippen LogP contribution in [0.15, 0.2) is 162 Å². The van der Waals surface area contributed by atoms with Gasteiger partial charge in [-0.05, 0) is 108 Å². The Labute approximate surface area is 278 Å². The van der Waals surface area contributed by atoms with Gasteiger partial charge in [0.2, 0.25) is 0 Å². The number of benzene rings is 8. The van der Waals surface area contributed by atoms with Crippen LogP contribution in [0.2, 0.25) is 0 Å². The minimum Gasteiger partial charge on any atom is -0.456 e. The smallest absolute Gasteiger partial charge is 0.135 e. The maximum atomic E-state index is 6.49. The van der Waals surface area contributed by atoms with Crippen LogP contribution in [0.1, 0.15) is 29.4 Å². The molecule has 0 fully saturated rings. The van der Waals surface area contributed by atoms with Crippen molar-refractivity contribution in [1.82, 2.24) is 0 Å². The molecule has 2 aliphatic carbocycles. The lowest BCUT2D eigenvalue weighted by Crippen LogP contribution is -1.92. The number of fused-ring (bicyclic) bond motifs is 11. The van der Waals surface area contributed by atoms with Gasteiger partial charge in [-0.2, -0.15) is 0 Å². The SMILES string of the molecule is C1=CC2CC1c1cc3oc4ccc(-c5c6ccccc6c(-c6ccc(-c7ccccc7)c7ccccc67)c6ccccc56)cc4c3cc12. The predicted octanol–water partition coefficient (Wildman–Crippen LogP) is 13.2. The van der Waals surface area contributed by atoms with E-state index in [0.29, 0.717) is 11.8 Å². The Bertz CT molecular complexity index is 2760. The molecule has 2 bridgehead atoms. The molecule has 48 heavy (non-hydrogen) atoms. The molecule has 1 heterocycles. The van der Waals surface area contributed by atoms with Crippen LogP contribution in [-0.4, -0.2) is 0 Å². The summed E-state index contributed by atoms with van der Waals surface area (Å²) < 4.78 is 6.49. The van der Waals surface area contributed by atoms with Crippen LogP contribution in [0.5, 0.6) is 0 Å². The highest BCUT2D eigenvalue weighted by Gasteiger charge is 2.33. The Morgan fingerprint density at radius 3 is 1.60 bits per heavy atom. The molecule has 1 aromatic heterocycles. The lowest BCUT2D eigenvalue weighted by atomic mass is 9.83. The predicted molar refractivity (Wildman–Crippen MR) is 202 cm³/mol. The minimum absolute atomic E-state index is 0.542. The van der Waals surface area contributed by atoms with Crippen molar-refractivity contribution in [2.45, 2.75) is 18.3 Å². The quantitative estimate of drug-likeness (QED) is 0.143. The van der Waals surface area contributed by atoms with Gasteiger partial charge >= 0.3 is 0 Å². The van der Waals surface area contributed by atoms with Crippen molar-refractivity contribution in [3.63, 3.8) is 0 Å². The third-order valence-corrected chi connectivity index (χ3v) is 11.1. The highest BCUT2D eigenvalue weighted by atomic mass is 16.3. The largest absolute Gasteiger partial charge is 0.456 e. The van der Waals surface area contributed by atoms with Gasteiger partial charge in [0.1, 0.15) is 11.2 Å². The first-order valence-corrected chi connectivity index (χ1v) is 17.0. The molecule has 2 aliphatic rings. The average Bonchev–Trinajstić information content (AvgIpc) is 3.87. The second-order valence-electron chi connectivity index (χ2n) is 13.5. The van der Waals surface area contributed by atoms with E-state index in [1.54, 1.807) is 0 Å². The van der Waals surface area contributed by atoms with Crippen LogP contribution in [0.25, 0.3) is 87.6 Å². The number of rotatable bonds is 3. The third-order valence-electron chi connectivity index (χ3n) is 11.1. The van der Waals surface area contributed by atoms with Crippen LogP contribution >= 0.6 is 0 Å². The van der Waals surface area contributed by atoms with E-state index in [4.69, 9.17) is 4.42 Å². The fraction of sp³-hybridized carbons (Fsp3) is 0.0638. The molecule has 0 saturated carbocycles. The summed E-state index contributed by atoms with van der Waals surface area (Å²) in [7, 11) is 0. The Balaban J connectivity index is 1.18. The summed E-state index contributed by atoms with van der Waals surface area (Å²) in [6, 6.07) is 53.7. The number of hydrogen-bond donors (Lipinski definition) is 0. The molecule has 0 spiro atoms. The molecule has 0 radical (unpaired) electrons. The van der Waals surface area contributed by atoms with Gasteiger partial charge in [0.05, 0.1) is 0 Å². The first-order valence-electron chi connectivity index (χ1n) is 17.0. The van der Waals surface area contributed by atoms with E-state index in [9.17, 15) is 0 Å². The molecule has 8 aromatic carbocycles. The summed E-state index contributed by atoms with van der Waals surface area (Å²) in [5.41, 5.74) is 12.4. The lowest BCUT2D eigenvalue weighted by molar-refractivity contribution is 0.668. The van der Waals surface area contributed by atoms with E-state index in [0.717, 1.165) is 11.2 Å².